The summed E-state index contributed by atoms with van der Waals surface area (Å²) < 4.78 is 0. The van der Waals surface area contributed by atoms with Crippen LogP contribution in [0.2, 0.25) is 5.02 Å². The molecule has 6 nitrogen and oxygen atoms in total. The Balaban J connectivity index is 1.44. The van der Waals surface area contributed by atoms with Gasteiger partial charge in [-0.1, -0.05) is 24.6 Å². The summed E-state index contributed by atoms with van der Waals surface area (Å²) in [5, 5.41) is 7.73. The van der Waals surface area contributed by atoms with E-state index in [9.17, 15) is 4.79 Å². The van der Waals surface area contributed by atoms with Gasteiger partial charge in [0.25, 0.3) is 0 Å². The highest BCUT2D eigenvalue weighted by molar-refractivity contribution is 6.30. The van der Waals surface area contributed by atoms with Crippen molar-refractivity contribution in [2.24, 2.45) is 4.99 Å². The molecule has 1 aromatic rings. The van der Waals surface area contributed by atoms with E-state index in [1.54, 1.807) is 7.05 Å². The summed E-state index contributed by atoms with van der Waals surface area (Å²) in [5.74, 6) is 1.14. The molecular weight excluding hydrogens is 374 g/mol. The second-order valence-electron chi connectivity index (χ2n) is 7.60. The third kappa shape index (κ3) is 5.31. The summed E-state index contributed by atoms with van der Waals surface area (Å²) in [7, 11) is 1.81. The van der Waals surface area contributed by atoms with Crippen LogP contribution in [0.5, 0.6) is 0 Å². The molecule has 2 atom stereocenters. The van der Waals surface area contributed by atoms with Crippen LogP contribution in [0.25, 0.3) is 0 Å². The lowest BCUT2D eigenvalue weighted by atomic mass is 10.1. The van der Waals surface area contributed by atoms with Gasteiger partial charge in [0, 0.05) is 62.4 Å². The number of likely N-dealkylation sites (tertiary alicyclic amines) is 1. The second kappa shape index (κ2) is 10.0. The van der Waals surface area contributed by atoms with Crippen molar-refractivity contribution in [3.63, 3.8) is 0 Å². The number of aliphatic imine (C=N–C) groups is 1. The van der Waals surface area contributed by atoms with Crippen LogP contribution in [-0.2, 0) is 4.79 Å². The van der Waals surface area contributed by atoms with E-state index in [1.807, 2.05) is 18.2 Å². The number of carbonyl (C=O) groups excluding carboxylic acids is 1. The molecule has 2 fully saturated rings. The number of carbonyl (C=O) groups is 1. The van der Waals surface area contributed by atoms with Crippen molar-refractivity contribution in [2.75, 3.05) is 38.1 Å². The fourth-order valence-electron chi connectivity index (χ4n) is 4.17. The Morgan fingerprint density at radius 3 is 2.93 bits per heavy atom. The summed E-state index contributed by atoms with van der Waals surface area (Å²) in [6.07, 6.45) is 4.71. The largest absolute Gasteiger partial charge is 0.369 e. The molecule has 0 aromatic heterocycles. The molecule has 1 aromatic carbocycles. The molecule has 0 spiro atoms. The molecule has 0 radical (unpaired) electrons. The number of nitrogens with one attached hydrogen (secondary N) is 2. The number of guanidine groups is 1. The summed E-state index contributed by atoms with van der Waals surface area (Å²) in [5.41, 5.74) is 1.17. The number of anilines is 1. The molecule has 2 aliphatic rings. The Morgan fingerprint density at radius 1 is 1.39 bits per heavy atom. The Labute approximate surface area is 173 Å². The first-order valence-electron chi connectivity index (χ1n) is 10.4. The van der Waals surface area contributed by atoms with Gasteiger partial charge in [-0.15, -0.1) is 0 Å². The van der Waals surface area contributed by atoms with Gasteiger partial charge in [0.1, 0.15) is 0 Å². The van der Waals surface area contributed by atoms with E-state index < -0.39 is 0 Å². The van der Waals surface area contributed by atoms with Crippen LogP contribution in [0.15, 0.2) is 29.3 Å². The Bertz CT molecular complexity index is 695. The van der Waals surface area contributed by atoms with Gasteiger partial charge in [0.05, 0.1) is 0 Å². The number of amides is 1. The smallest absolute Gasteiger partial charge is 0.222 e. The average Bonchev–Trinajstić information content (AvgIpc) is 3.33. The molecule has 2 aliphatic heterocycles. The zero-order chi connectivity index (χ0) is 19.9. The molecule has 1 amide bonds. The third-order valence-corrected chi connectivity index (χ3v) is 5.95. The third-order valence-electron chi connectivity index (χ3n) is 5.72. The SMILES string of the molecule is CCC(CCNC(=NC)NC1CCN(c2cccc(Cl)c2)C1)N1CCCC1=O. The predicted molar refractivity (Wildman–Crippen MR) is 116 cm³/mol. The topological polar surface area (TPSA) is 60.0 Å². The van der Waals surface area contributed by atoms with Crippen molar-refractivity contribution in [1.29, 1.82) is 0 Å². The normalized spacial score (nSPS) is 21.3. The van der Waals surface area contributed by atoms with Gasteiger partial charge in [-0.25, -0.2) is 0 Å². The van der Waals surface area contributed by atoms with Crippen molar-refractivity contribution >= 4 is 29.2 Å². The molecule has 154 valence electrons. The van der Waals surface area contributed by atoms with Crippen molar-refractivity contribution in [1.82, 2.24) is 15.5 Å². The first-order chi connectivity index (χ1) is 13.6. The van der Waals surface area contributed by atoms with Crippen LogP contribution in [0.3, 0.4) is 0 Å². The van der Waals surface area contributed by atoms with E-state index in [0.29, 0.717) is 24.4 Å². The van der Waals surface area contributed by atoms with E-state index in [0.717, 1.165) is 62.8 Å². The zero-order valence-corrected chi connectivity index (χ0v) is 17.7. The van der Waals surface area contributed by atoms with Crippen LogP contribution in [0.4, 0.5) is 5.69 Å². The molecule has 0 aliphatic carbocycles. The molecule has 2 unspecified atom stereocenters. The molecule has 28 heavy (non-hydrogen) atoms. The van der Waals surface area contributed by atoms with Gasteiger partial charge in [0.15, 0.2) is 5.96 Å². The fourth-order valence-corrected chi connectivity index (χ4v) is 4.35. The molecular formula is C21H32ClN5O. The Morgan fingerprint density at radius 2 is 2.25 bits per heavy atom. The minimum absolute atomic E-state index is 0.307. The van der Waals surface area contributed by atoms with Crippen molar-refractivity contribution in [2.45, 2.75) is 51.1 Å². The maximum Gasteiger partial charge on any atom is 0.222 e. The van der Waals surface area contributed by atoms with Crippen LogP contribution < -0.4 is 15.5 Å². The first-order valence-corrected chi connectivity index (χ1v) is 10.8. The summed E-state index contributed by atoms with van der Waals surface area (Å²) in [4.78, 5) is 20.8. The lowest BCUT2D eigenvalue weighted by Crippen LogP contribution is -2.46. The van der Waals surface area contributed by atoms with Crippen molar-refractivity contribution in [3.8, 4) is 0 Å². The average molecular weight is 406 g/mol. The van der Waals surface area contributed by atoms with Gasteiger partial charge in [-0.05, 0) is 43.9 Å². The van der Waals surface area contributed by atoms with E-state index >= 15 is 0 Å². The fraction of sp³-hybridized carbons (Fsp3) is 0.619. The highest BCUT2D eigenvalue weighted by Gasteiger charge is 2.27. The van der Waals surface area contributed by atoms with E-state index in [4.69, 9.17) is 11.6 Å². The van der Waals surface area contributed by atoms with Gasteiger partial charge < -0.3 is 20.4 Å². The second-order valence-corrected chi connectivity index (χ2v) is 8.03. The number of rotatable bonds is 7. The number of hydrogen-bond donors (Lipinski definition) is 2. The Hall–Kier alpha value is -1.95. The van der Waals surface area contributed by atoms with Gasteiger partial charge in [-0.2, -0.15) is 0 Å². The molecule has 2 heterocycles. The monoisotopic (exact) mass is 405 g/mol. The van der Waals surface area contributed by atoms with Crippen LogP contribution in [0.1, 0.15) is 39.0 Å². The quantitative estimate of drug-likeness (QED) is 0.541. The van der Waals surface area contributed by atoms with E-state index in [-0.39, 0.29) is 0 Å². The van der Waals surface area contributed by atoms with Crippen LogP contribution in [-0.4, -0.2) is 62.1 Å². The van der Waals surface area contributed by atoms with E-state index in [2.05, 4.69) is 38.4 Å². The van der Waals surface area contributed by atoms with E-state index in [1.165, 1.54) is 5.69 Å². The lowest BCUT2D eigenvalue weighted by Gasteiger charge is -2.27. The number of nitrogens with zero attached hydrogens (tertiary/aromatic N) is 3. The van der Waals surface area contributed by atoms with Gasteiger partial charge in [0.2, 0.25) is 5.91 Å². The van der Waals surface area contributed by atoms with Crippen LogP contribution in [0, 0.1) is 0 Å². The van der Waals surface area contributed by atoms with Crippen molar-refractivity contribution in [3.05, 3.63) is 29.3 Å². The zero-order valence-electron chi connectivity index (χ0n) is 17.0. The van der Waals surface area contributed by atoms with Gasteiger partial charge in [-0.3, -0.25) is 9.79 Å². The maximum absolute atomic E-state index is 12.0. The summed E-state index contributed by atoms with van der Waals surface area (Å²) >= 11 is 6.12. The number of halogens is 1. The lowest BCUT2D eigenvalue weighted by molar-refractivity contribution is -0.129. The van der Waals surface area contributed by atoms with Crippen LogP contribution >= 0.6 is 11.6 Å². The summed E-state index contributed by atoms with van der Waals surface area (Å²) in [6, 6.07) is 8.70. The van der Waals surface area contributed by atoms with Gasteiger partial charge >= 0.3 is 0 Å². The maximum atomic E-state index is 12.0. The summed E-state index contributed by atoms with van der Waals surface area (Å²) in [6.45, 7) is 5.82. The minimum Gasteiger partial charge on any atom is -0.369 e. The first kappa shape index (κ1) is 20.8. The molecule has 2 saturated heterocycles. The molecule has 7 heteroatoms. The standard InChI is InChI=1S/C21H32ClN5O/c1-3-18(27-12-5-8-20(27)28)9-11-24-21(23-2)25-17-10-13-26(15-17)19-7-4-6-16(22)14-19/h4,6-7,14,17-18H,3,5,8-13,15H2,1-2H3,(H2,23,24,25). The predicted octanol–water partition coefficient (Wildman–Crippen LogP) is 2.87. The molecule has 2 N–H and O–H groups in total. The molecule has 0 bridgehead atoms. The number of hydrogen-bond acceptors (Lipinski definition) is 3. The highest BCUT2D eigenvalue weighted by Crippen LogP contribution is 2.23. The minimum atomic E-state index is 0.307. The van der Waals surface area contributed by atoms with Crippen molar-refractivity contribution < 1.29 is 4.79 Å². The Kier molecular flexibility index (Phi) is 7.43. The molecule has 3 rings (SSSR count). The number of benzene rings is 1. The molecule has 0 saturated carbocycles. The highest BCUT2D eigenvalue weighted by atomic mass is 35.5.